The van der Waals surface area contributed by atoms with E-state index in [2.05, 4.69) is 67.8 Å². The average Bonchev–Trinajstić information content (AvgIpc) is 3.73. The second-order valence-electron chi connectivity index (χ2n) is 15.1. The summed E-state index contributed by atoms with van der Waals surface area (Å²) in [5.41, 5.74) is 8.16. The molecule has 8 rings (SSSR count). The molecule has 284 valence electrons. The molecule has 0 aromatic carbocycles. The van der Waals surface area contributed by atoms with Crippen LogP contribution in [-0.4, -0.2) is 65.9 Å². The van der Waals surface area contributed by atoms with Gasteiger partial charge in [-0.15, -0.1) is 22.7 Å². The van der Waals surface area contributed by atoms with Gasteiger partial charge in [0.1, 0.15) is 11.6 Å². The molecule has 0 saturated carbocycles. The van der Waals surface area contributed by atoms with Crippen molar-refractivity contribution in [2.24, 2.45) is 0 Å². The molecule has 54 heavy (non-hydrogen) atoms. The Morgan fingerprint density at radius 1 is 0.593 bits per heavy atom. The molecule has 0 bridgehead atoms. The van der Waals surface area contributed by atoms with Gasteiger partial charge in [0.2, 0.25) is 0 Å². The summed E-state index contributed by atoms with van der Waals surface area (Å²) in [6, 6.07) is 12.7. The second-order valence-corrected chi connectivity index (χ2v) is 17.6. The number of aromatic nitrogens is 6. The fourth-order valence-corrected chi connectivity index (χ4v) is 9.76. The van der Waals surface area contributed by atoms with E-state index in [4.69, 9.17) is 9.97 Å². The summed E-state index contributed by atoms with van der Waals surface area (Å²) >= 11 is 3.35. The fraction of sp³-hybridized carbons (Fsp3) is 0.476. The van der Waals surface area contributed by atoms with Gasteiger partial charge in [-0.3, -0.25) is 19.8 Å². The standard InChI is InChI=1S/2C21H25FN4S/c2*1-12-10-17(20(22)13(2)23-12)16-6-5-9-26(11-16)14(3)18-7-8-19-21(25-18)24-15(4)27-19/h2*7-8,10,14,16H,5-6,9,11H2,1-4H3/t2*14-,16?/m10/s1. The van der Waals surface area contributed by atoms with Gasteiger partial charge < -0.3 is 0 Å². The first-order valence-electron chi connectivity index (χ1n) is 19.1. The van der Waals surface area contributed by atoms with Gasteiger partial charge in [0.05, 0.1) is 42.2 Å². The van der Waals surface area contributed by atoms with Crippen molar-refractivity contribution in [1.82, 2.24) is 39.7 Å². The van der Waals surface area contributed by atoms with Crippen LogP contribution in [-0.2, 0) is 0 Å². The van der Waals surface area contributed by atoms with Gasteiger partial charge in [-0.2, -0.15) is 0 Å². The lowest BCUT2D eigenvalue weighted by Gasteiger charge is -2.37. The van der Waals surface area contributed by atoms with Crippen molar-refractivity contribution in [3.63, 3.8) is 0 Å². The molecule has 6 aromatic heterocycles. The molecular weight excluding hydrogens is 719 g/mol. The average molecular weight is 769 g/mol. The summed E-state index contributed by atoms with van der Waals surface area (Å²) in [5, 5.41) is 2.08. The number of hydrogen-bond acceptors (Lipinski definition) is 10. The van der Waals surface area contributed by atoms with E-state index in [-0.39, 0.29) is 35.6 Å². The highest BCUT2D eigenvalue weighted by molar-refractivity contribution is 7.18. The number of likely N-dealkylation sites (tertiary alicyclic amines) is 2. The van der Waals surface area contributed by atoms with Crippen LogP contribution in [0.2, 0.25) is 0 Å². The van der Waals surface area contributed by atoms with Crippen LogP contribution in [0.3, 0.4) is 0 Å². The molecule has 0 amide bonds. The lowest BCUT2D eigenvalue weighted by atomic mass is 9.89. The molecule has 2 saturated heterocycles. The first-order valence-corrected chi connectivity index (χ1v) is 20.7. The maximum atomic E-state index is 14.7. The number of pyridine rings is 4. The zero-order valence-electron chi connectivity index (χ0n) is 32.6. The summed E-state index contributed by atoms with van der Waals surface area (Å²) in [5.74, 6) is 0.119. The summed E-state index contributed by atoms with van der Waals surface area (Å²) < 4.78 is 31.6. The van der Waals surface area contributed by atoms with Crippen LogP contribution in [0.25, 0.3) is 20.7 Å². The summed E-state index contributed by atoms with van der Waals surface area (Å²) in [6.45, 7) is 19.5. The molecule has 0 spiro atoms. The first kappa shape index (κ1) is 38.4. The van der Waals surface area contributed by atoms with E-state index in [0.717, 1.165) is 116 Å². The Bertz CT molecular complexity index is 2130. The van der Waals surface area contributed by atoms with Gasteiger partial charge in [-0.05, 0) is 154 Å². The van der Waals surface area contributed by atoms with Gasteiger partial charge in [0.15, 0.2) is 11.3 Å². The third-order valence-corrected chi connectivity index (χ3v) is 12.9. The minimum Gasteiger partial charge on any atom is -0.294 e. The summed E-state index contributed by atoms with van der Waals surface area (Å²) in [6.07, 6.45) is 4.15. The van der Waals surface area contributed by atoms with E-state index in [1.54, 1.807) is 36.5 Å². The normalized spacial score (nSPS) is 19.5. The number of aryl methyl sites for hydroxylation is 6. The van der Waals surface area contributed by atoms with Crippen molar-refractivity contribution in [3.05, 3.63) is 103 Å². The Hall–Kier alpha value is -3.84. The van der Waals surface area contributed by atoms with Crippen LogP contribution in [0.4, 0.5) is 8.78 Å². The summed E-state index contributed by atoms with van der Waals surface area (Å²) in [7, 11) is 0. The molecule has 0 radical (unpaired) electrons. The first-order chi connectivity index (χ1) is 25.8. The van der Waals surface area contributed by atoms with Crippen LogP contribution in [0.15, 0.2) is 36.4 Å². The van der Waals surface area contributed by atoms with Crippen LogP contribution in [0.5, 0.6) is 0 Å². The van der Waals surface area contributed by atoms with E-state index in [1.165, 1.54) is 0 Å². The zero-order valence-corrected chi connectivity index (χ0v) is 34.2. The highest BCUT2D eigenvalue weighted by atomic mass is 32.1. The van der Waals surface area contributed by atoms with E-state index in [1.807, 2.05) is 39.8 Å². The minimum atomic E-state index is -0.141. The molecule has 2 unspecified atom stereocenters. The van der Waals surface area contributed by atoms with Gasteiger partial charge >= 0.3 is 0 Å². The van der Waals surface area contributed by atoms with E-state index in [9.17, 15) is 8.78 Å². The third-order valence-electron chi connectivity index (χ3n) is 11.1. The molecule has 8 heterocycles. The number of thiazole rings is 2. The number of fused-ring (bicyclic) bond motifs is 2. The highest BCUT2D eigenvalue weighted by Gasteiger charge is 2.30. The maximum Gasteiger partial charge on any atom is 0.170 e. The second kappa shape index (κ2) is 16.1. The van der Waals surface area contributed by atoms with Crippen molar-refractivity contribution in [2.75, 3.05) is 26.2 Å². The molecule has 6 aromatic rings. The lowest BCUT2D eigenvalue weighted by Crippen LogP contribution is -2.37. The van der Waals surface area contributed by atoms with Gasteiger partial charge in [-0.1, -0.05) is 0 Å². The molecule has 2 aliphatic rings. The number of hydrogen-bond donors (Lipinski definition) is 0. The molecule has 0 N–H and O–H groups in total. The lowest BCUT2D eigenvalue weighted by molar-refractivity contribution is 0.154. The molecule has 8 nitrogen and oxygen atoms in total. The molecule has 2 fully saturated rings. The monoisotopic (exact) mass is 768 g/mol. The number of nitrogens with zero attached hydrogens (tertiary/aromatic N) is 8. The molecular formula is C42H50F2N8S2. The van der Waals surface area contributed by atoms with Crippen LogP contribution >= 0.6 is 22.7 Å². The van der Waals surface area contributed by atoms with Gasteiger partial charge in [-0.25, -0.2) is 28.7 Å². The molecule has 12 heteroatoms. The van der Waals surface area contributed by atoms with Crippen molar-refractivity contribution >= 4 is 43.4 Å². The Balaban J connectivity index is 0.000000167. The Labute approximate surface area is 325 Å². The summed E-state index contributed by atoms with van der Waals surface area (Å²) in [4.78, 5) is 32.0. The smallest absolute Gasteiger partial charge is 0.170 e. The fourth-order valence-electron chi connectivity index (χ4n) is 8.23. The van der Waals surface area contributed by atoms with Gasteiger partial charge in [0.25, 0.3) is 0 Å². The van der Waals surface area contributed by atoms with Crippen molar-refractivity contribution in [2.45, 2.75) is 105 Å². The predicted octanol–water partition coefficient (Wildman–Crippen LogP) is 10.2. The largest absolute Gasteiger partial charge is 0.294 e. The van der Waals surface area contributed by atoms with Crippen molar-refractivity contribution in [1.29, 1.82) is 0 Å². The quantitative estimate of drug-likeness (QED) is 0.166. The number of rotatable bonds is 6. The molecule has 0 aliphatic carbocycles. The van der Waals surface area contributed by atoms with E-state index < -0.39 is 0 Å². The van der Waals surface area contributed by atoms with Gasteiger partial charge in [0, 0.05) is 36.6 Å². The number of piperidine rings is 2. The van der Waals surface area contributed by atoms with Crippen LogP contribution in [0, 0.1) is 53.2 Å². The van der Waals surface area contributed by atoms with E-state index >= 15 is 0 Å². The zero-order chi connectivity index (χ0) is 38.3. The Morgan fingerprint density at radius 3 is 1.41 bits per heavy atom. The molecule has 2 aliphatic heterocycles. The van der Waals surface area contributed by atoms with E-state index in [0.29, 0.717) is 11.4 Å². The van der Waals surface area contributed by atoms with Crippen molar-refractivity contribution in [3.8, 4) is 0 Å². The van der Waals surface area contributed by atoms with Crippen LogP contribution < -0.4 is 0 Å². The molecule has 4 atom stereocenters. The highest BCUT2D eigenvalue weighted by Crippen LogP contribution is 2.36. The van der Waals surface area contributed by atoms with Crippen molar-refractivity contribution < 1.29 is 8.78 Å². The SMILES string of the molecule is Cc1cc(C2CCCN([C@@H](C)c3ccc4sc(C)nc4n3)C2)c(F)c(C)n1.Cc1cc(C2CCCN([C@H](C)c3ccc4sc(C)nc4n3)C2)c(F)c(C)n1. The Kier molecular flexibility index (Phi) is 11.5. The van der Waals surface area contributed by atoms with Crippen LogP contribution in [0.1, 0.15) is 119 Å². The predicted molar refractivity (Wildman–Crippen MR) is 216 cm³/mol. The Morgan fingerprint density at radius 2 is 1.00 bits per heavy atom. The maximum absolute atomic E-state index is 14.7. The topological polar surface area (TPSA) is 83.8 Å². The minimum absolute atomic E-state index is 0.141. The number of halogens is 2. The third kappa shape index (κ3) is 8.22.